The first-order valence-corrected chi connectivity index (χ1v) is 4.85. The molecule has 0 spiro atoms. The molecule has 0 unspecified atom stereocenters. The summed E-state index contributed by atoms with van der Waals surface area (Å²) in [6, 6.07) is 1.88. The molecule has 0 saturated carbocycles. The zero-order chi connectivity index (χ0) is 10.7. The van der Waals surface area contributed by atoms with Crippen LogP contribution in [0.1, 0.15) is 12.2 Å². The van der Waals surface area contributed by atoms with Gasteiger partial charge >= 0.3 is 0 Å². The van der Waals surface area contributed by atoms with Crippen LogP contribution >= 0.6 is 0 Å². The molecule has 2 rings (SSSR count). The Bertz CT molecular complexity index is 433. The number of aryl methyl sites for hydroxylation is 2. The largest absolute Gasteiger partial charge is 0.396 e. The summed E-state index contributed by atoms with van der Waals surface area (Å²) >= 11 is 0. The Morgan fingerprint density at radius 1 is 1.53 bits per heavy atom. The normalized spacial score (nSPS) is 10.8. The molecule has 0 aromatic carbocycles. The molecule has 0 radical (unpaired) electrons. The van der Waals surface area contributed by atoms with E-state index in [4.69, 9.17) is 9.63 Å². The van der Waals surface area contributed by atoms with Gasteiger partial charge in [-0.25, -0.2) is 0 Å². The maximum absolute atomic E-state index is 8.68. The van der Waals surface area contributed by atoms with E-state index >= 15 is 0 Å². The molecule has 5 heteroatoms. The number of rotatable bonds is 4. The molecule has 0 aliphatic carbocycles. The van der Waals surface area contributed by atoms with Crippen LogP contribution in [0.25, 0.3) is 11.3 Å². The minimum absolute atomic E-state index is 0.170. The highest BCUT2D eigenvalue weighted by Crippen LogP contribution is 2.18. The van der Waals surface area contributed by atoms with Crippen molar-refractivity contribution in [3.8, 4) is 11.3 Å². The van der Waals surface area contributed by atoms with Gasteiger partial charge in [-0.05, 0) is 6.42 Å². The van der Waals surface area contributed by atoms with Crippen LogP contribution in [0.3, 0.4) is 0 Å². The van der Waals surface area contributed by atoms with Crippen LogP contribution < -0.4 is 0 Å². The van der Waals surface area contributed by atoms with Gasteiger partial charge in [0.2, 0.25) is 0 Å². The van der Waals surface area contributed by atoms with Crippen LogP contribution in [0, 0.1) is 0 Å². The van der Waals surface area contributed by atoms with E-state index in [2.05, 4.69) is 10.3 Å². The van der Waals surface area contributed by atoms with Crippen molar-refractivity contribution in [2.24, 2.45) is 7.05 Å². The van der Waals surface area contributed by atoms with Crippen LogP contribution in [-0.4, -0.2) is 26.7 Å². The molecule has 2 aromatic heterocycles. The second-order valence-corrected chi connectivity index (χ2v) is 3.41. The lowest BCUT2D eigenvalue weighted by Crippen LogP contribution is -1.86. The molecule has 0 saturated heterocycles. The minimum Gasteiger partial charge on any atom is -0.396 e. The Labute approximate surface area is 87.3 Å². The second kappa shape index (κ2) is 4.27. The molecule has 5 nitrogen and oxygen atoms in total. The fourth-order valence-corrected chi connectivity index (χ4v) is 1.37. The summed E-state index contributed by atoms with van der Waals surface area (Å²) < 4.78 is 6.85. The number of hydrogen-bond donors (Lipinski definition) is 1. The first-order chi connectivity index (χ1) is 7.29. The summed E-state index contributed by atoms with van der Waals surface area (Å²) in [5, 5.41) is 16.7. The quantitative estimate of drug-likeness (QED) is 0.812. The lowest BCUT2D eigenvalue weighted by Gasteiger charge is -1.88. The molecule has 2 heterocycles. The van der Waals surface area contributed by atoms with Gasteiger partial charge in [0.25, 0.3) is 0 Å². The van der Waals surface area contributed by atoms with E-state index in [9.17, 15) is 0 Å². The van der Waals surface area contributed by atoms with Crippen molar-refractivity contribution in [3.63, 3.8) is 0 Å². The Morgan fingerprint density at radius 3 is 3.07 bits per heavy atom. The van der Waals surface area contributed by atoms with E-state index in [1.165, 1.54) is 0 Å². The third kappa shape index (κ3) is 2.24. The van der Waals surface area contributed by atoms with Gasteiger partial charge in [0.1, 0.15) is 11.5 Å². The monoisotopic (exact) mass is 207 g/mol. The van der Waals surface area contributed by atoms with Crippen molar-refractivity contribution >= 4 is 0 Å². The number of aliphatic hydroxyl groups is 1. The fraction of sp³-hybridized carbons (Fsp3) is 0.400. The second-order valence-electron chi connectivity index (χ2n) is 3.41. The molecular formula is C10H13N3O2. The van der Waals surface area contributed by atoms with Crippen molar-refractivity contribution in [2.45, 2.75) is 12.8 Å². The van der Waals surface area contributed by atoms with Crippen molar-refractivity contribution in [1.82, 2.24) is 14.9 Å². The Morgan fingerprint density at radius 2 is 2.40 bits per heavy atom. The van der Waals surface area contributed by atoms with Gasteiger partial charge < -0.3 is 9.63 Å². The maximum Gasteiger partial charge on any atom is 0.137 e. The molecule has 0 amide bonds. The Kier molecular flexibility index (Phi) is 2.82. The summed E-state index contributed by atoms with van der Waals surface area (Å²) in [6.07, 6.45) is 5.03. The first-order valence-electron chi connectivity index (χ1n) is 4.85. The third-order valence-corrected chi connectivity index (χ3v) is 2.14. The summed E-state index contributed by atoms with van der Waals surface area (Å²) in [5.74, 6) is 0.794. The van der Waals surface area contributed by atoms with Crippen LogP contribution in [0.4, 0.5) is 0 Å². The minimum atomic E-state index is 0.170. The fourth-order valence-electron chi connectivity index (χ4n) is 1.37. The lowest BCUT2D eigenvalue weighted by atomic mass is 10.2. The Hall–Kier alpha value is -1.62. The summed E-state index contributed by atoms with van der Waals surface area (Å²) in [4.78, 5) is 0. The molecule has 80 valence electrons. The summed E-state index contributed by atoms with van der Waals surface area (Å²) in [5.41, 5.74) is 1.73. The van der Waals surface area contributed by atoms with Gasteiger partial charge in [-0.3, -0.25) is 4.68 Å². The molecular weight excluding hydrogens is 194 g/mol. The average Bonchev–Trinajstić information content (AvgIpc) is 2.83. The van der Waals surface area contributed by atoms with Crippen LogP contribution in [-0.2, 0) is 13.5 Å². The lowest BCUT2D eigenvalue weighted by molar-refractivity contribution is 0.280. The van der Waals surface area contributed by atoms with Crippen molar-refractivity contribution in [2.75, 3.05) is 6.61 Å². The number of aromatic nitrogens is 3. The molecule has 0 atom stereocenters. The van der Waals surface area contributed by atoms with Crippen molar-refractivity contribution < 1.29 is 9.63 Å². The van der Waals surface area contributed by atoms with Crippen molar-refractivity contribution in [1.29, 1.82) is 0 Å². The average molecular weight is 207 g/mol. The van der Waals surface area contributed by atoms with Gasteiger partial charge in [0, 0.05) is 37.9 Å². The molecule has 15 heavy (non-hydrogen) atoms. The Balaban J connectivity index is 2.13. The highest BCUT2D eigenvalue weighted by Gasteiger charge is 2.07. The molecule has 2 aromatic rings. The number of hydrogen-bond acceptors (Lipinski definition) is 4. The van der Waals surface area contributed by atoms with E-state index in [1.807, 2.05) is 19.3 Å². The van der Waals surface area contributed by atoms with Crippen LogP contribution in [0.15, 0.2) is 23.0 Å². The highest BCUT2D eigenvalue weighted by atomic mass is 16.5. The van der Waals surface area contributed by atoms with E-state index < -0.39 is 0 Å². The van der Waals surface area contributed by atoms with Gasteiger partial charge in [-0.1, -0.05) is 5.16 Å². The molecule has 0 aliphatic rings. The van der Waals surface area contributed by atoms with E-state index in [0.717, 1.165) is 17.0 Å². The standard InChI is InChI=1S/C10H13N3O2/c1-13-7-8(6-11-13)10-5-9(15-12-10)3-2-4-14/h5-7,14H,2-4H2,1H3. The predicted molar refractivity (Wildman–Crippen MR) is 54.1 cm³/mol. The number of aliphatic hydroxyl groups excluding tert-OH is 1. The zero-order valence-corrected chi connectivity index (χ0v) is 8.55. The highest BCUT2D eigenvalue weighted by molar-refractivity contribution is 5.56. The van der Waals surface area contributed by atoms with Gasteiger partial charge in [-0.2, -0.15) is 5.10 Å². The summed E-state index contributed by atoms with van der Waals surface area (Å²) in [6.45, 7) is 0.170. The van der Waals surface area contributed by atoms with Gasteiger partial charge in [0.05, 0.1) is 6.20 Å². The first kappa shape index (κ1) is 9.92. The molecule has 0 aliphatic heterocycles. The SMILES string of the molecule is Cn1cc(-c2cc(CCCO)on2)cn1. The van der Waals surface area contributed by atoms with E-state index in [1.54, 1.807) is 10.9 Å². The maximum atomic E-state index is 8.68. The van der Waals surface area contributed by atoms with Crippen LogP contribution in [0.2, 0.25) is 0 Å². The predicted octanol–water partition coefficient (Wildman–Crippen LogP) is 1.00. The van der Waals surface area contributed by atoms with E-state index in [0.29, 0.717) is 12.8 Å². The van der Waals surface area contributed by atoms with E-state index in [-0.39, 0.29) is 6.61 Å². The third-order valence-electron chi connectivity index (χ3n) is 2.14. The smallest absolute Gasteiger partial charge is 0.137 e. The molecule has 1 N–H and O–H groups in total. The topological polar surface area (TPSA) is 64.1 Å². The number of nitrogens with zero attached hydrogens (tertiary/aromatic N) is 3. The summed E-state index contributed by atoms with van der Waals surface area (Å²) in [7, 11) is 1.86. The van der Waals surface area contributed by atoms with Gasteiger partial charge in [0.15, 0.2) is 0 Å². The molecule has 0 bridgehead atoms. The van der Waals surface area contributed by atoms with Gasteiger partial charge in [-0.15, -0.1) is 0 Å². The zero-order valence-electron chi connectivity index (χ0n) is 8.55. The van der Waals surface area contributed by atoms with Crippen LogP contribution in [0.5, 0.6) is 0 Å². The molecule has 0 fully saturated rings. The van der Waals surface area contributed by atoms with Crippen molar-refractivity contribution in [3.05, 3.63) is 24.2 Å².